The Morgan fingerprint density at radius 2 is 1.71 bits per heavy atom. The minimum atomic E-state index is -1.11. The molecule has 1 aromatic rings. The molecule has 0 aliphatic carbocycles. The van der Waals surface area contributed by atoms with Crippen LogP contribution in [-0.4, -0.2) is 48.9 Å². The predicted molar refractivity (Wildman–Crippen MR) is 92.3 cm³/mol. The van der Waals surface area contributed by atoms with Crippen molar-refractivity contribution in [2.75, 3.05) is 31.1 Å². The van der Waals surface area contributed by atoms with Gasteiger partial charge in [-0.15, -0.1) is 0 Å². The molecule has 1 aliphatic rings. The average Bonchev–Trinajstić information content (AvgIpc) is 2.54. The van der Waals surface area contributed by atoms with Crippen LogP contribution in [0.2, 0.25) is 0 Å². The van der Waals surface area contributed by atoms with Crippen LogP contribution in [0.3, 0.4) is 0 Å². The first-order valence-electron chi connectivity index (χ1n) is 8.33. The molecule has 5 nitrogen and oxygen atoms in total. The Labute approximate surface area is 142 Å². The van der Waals surface area contributed by atoms with Crippen LogP contribution in [0.15, 0.2) is 24.3 Å². The summed E-state index contributed by atoms with van der Waals surface area (Å²) in [5.74, 6) is -0.707. The molecule has 1 heterocycles. The monoisotopic (exact) mass is 335 g/mol. The number of anilines is 1. The first kappa shape index (κ1) is 18.2. The molecule has 132 valence electrons. The number of piperazine rings is 1. The number of carbonyl (C=O) groups excluding carboxylic acids is 2. The summed E-state index contributed by atoms with van der Waals surface area (Å²) in [5, 5.41) is 2.80. The molecule has 1 fully saturated rings. The van der Waals surface area contributed by atoms with Gasteiger partial charge in [0.25, 0.3) is 0 Å². The maximum atomic E-state index is 13.9. The Morgan fingerprint density at radius 1 is 1.12 bits per heavy atom. The zero-order valence-electron chi connectivity index (χ0n) is 14.8. The SMILES string of the molecule is CC(C)NC(=O)C(C)(C)C(=O)N1CCN(c2ccccc2F)CC1. The van der Waals surface area contributed by atoms with Crippen LogP contribution in [-0.2, 0) is 9.59 Å². The third-order valence-electron chi connectivity index (χ3n) is 4.28. The molecular weight excluding hydrogens is 309 g/mol. The fraction of sp³-hybridized carbons (Fsp3) is 0.556. The van der Waals surface area contributed by atoms with Gasteiger partial charge >= 0.3 is 0 Å². The fourth-order valence-electron chi connectivity index (χ4n) is 2.79. The number of benzene rings is 1. The first-order valence-corrected chi connectivity index (χ1v) is 8.33. The van der Waals surface area contributed by atoms with E-state index in [0.717, 1.165) is 0 Å². The normalized spacial score (nSPS) is 15.6. The fourth-order valence-corrected chi connectivity index (χ4v) is 2.79. The van der Waals surface area contributed by atoms with Crippen LogP contribution < -0.4 is 10.2 Å². The number of amides is 2. The molecule has 2 amide bonds. The van der Waals surface area contributed by atoms with Gasteiger partial charge in [0.15, 0.2) is 0 Å². The Bertz CT molecular complexity index is 608. The number of carbonyl (C=O) groups is 2. The van der Waals surface area contributed by atoms with Crippen molar-refractivity contribution < 1.29 is 14.0 Å². The van der Waals surface area contributed by atoms with E-state index in [-0.39, 0.29) is 23.7 Å². The summed E-state index contributed by atoms with van der Waals surface area (Å²) in [5.41, 5.74) is -0.550. The van der Waals surface area contributed by atoms with Gasteiger partial charge in [-0.25, -0.2) is 4.39 Å². The van der Waals surface area contributed by atoms with E-state index in [0.29, 0.717) is 31.9 Å². The molecule has 2 rings (SSSR count). The lowest BCUT2D eigenvalue weighted by atomic mass is 9.89. The van der Waals surface area contributed by atoms with Crippen molar-refractivity contribution in [3.05, 3.63) is 30.1 Å². The number of hydrogen-bond acceptors (Lipinski definition) is 3. The average molecular weight is 335 g/mol. The highest BCUT2D eigenvalue weighted by molar-refractivity contribution is 6.04. The Balaban J connectivity index is 2.00. The van der Waals surface area contributed by atoms with Crippen molar-refractivity contribution in [3.63, 3.8) is 0 Å². The topological polar surface area (TPSA) is 52.7 Å². The summed E-state index contributed by atoms with van der Waals surface area (Å²) < 4.78 is 13.9. The van der Waals surface area contributed by atoms with Gasteiger partial charge in [-0.2, -0.15) is 0 Å². The number of halogens is 1. The smallest absolute Gasteiger partial charge is 0.237 e. The lowest BCUT2D eigenvalue weighted by Gasteiger charge is -2.39. The van der Waals surface area contributed by atoms with E-state index >= 15 is 0 Å². The number of nitrogens with zero attached hydrogens (tertiary/aromatic N) is 2. The molecule has 1 saturated heterocycles. The van der Waals surface area contributed by atoms with Crippen LogP contribution in [0.1, 0.15) is 27.7 Å². The van der Waals surface area contributed by atoms with Gasteiger partial charge in [0.05, 0.1) is 5.69 Å². The molecule has 6 heteroatoms. The largest absolute Gasteiger partial charge is 0.366 e. The van der Waals surface area contributed by atoms with Crippen LogP contribution in [0.4, 0.5) is 10.1 Å². The standard InChI is InChI=1S/C18H26FN3O2/c1-13(2)20-16(23)18(3,4)17(24)22-11-9-21(10-12-22)15-8-6-5-7-14(15)19/h5-8,13H,9-12H2,1-4H3,(H,20,23). The molecule has 0 radical (unpaired) electrons. The Morgan fingerprint density at radius 3 is 2.25 bits per heavy atom. The van der Waals surface area contributed by atoms with Crippen LogP contribution in [0.5, 0.6) is 0 Å². The summed E-state index contributed by atoms with van der Waals surface area (Å²) in [6.45, 7) is 9.09. The van der Waals surface area contributed by atoms with Crippen molar-refractivity contribution in [3.8, 4) is 0 Å². The summed E-state index contributed by atoms with van der Waals surface area (Å²) in [6.07, 6.45) is 0. The number of nitrogens with one attached hydrogen (secondary N) is 1. The maximum Gasteiger partial charge on any atom is 0.237 e. The van der Waals surface area contributed by atoms with Crippen LogP contribution in [0, 0.1) is 11.2 Å². The summed E-state index contributed by atoms with van der Waals surface area (Å²) in [6, 6.07) is 6.63. The van der Waals surface area contributed by atoms with Gasteiger partial charge in [-0.3, -0.25) is 9.59 Å². The van der Waals surface area contributed by atoms with Crippen LogP contribution >= 0.6 is 0 Å². The third kappa shape index (κ3) is 3.86. The maximum absolute atomic E-state index is 13.9. The Kier molecular flexibility index (Phi) is 5.47. The van der Waals surface area contributed by atoms with Crippen LogP contribution in [0.25, 0.3) is 0 Å². The van der Waals surface area contributed by atoms with E-state index in [1.54, 1.807) is 36.9 Å². The van der Waals surface area contributed by atoms with E-state index in [1.807, 2.05) is 18.7 Å². The van der Waals surface area contributed by atoms with Crippen molar-refractivity contribution >= 4 is 17.5 Å². The minimum Gasteiger partial charge on any atom is -0.366 e. The second-order valence-corrected chi connectivity index (χ2v) is 6.98. The highest BCUT2D eigenvalue weighted by atomic mass is 19.1. The van der Waals surface area contributed by atoms with Crippen molar-refractivity contribution in [1.82, 2.24) is 10.2 Å². The second-order valence-electron chi connectivity index (χ2n) is 6.98. The molecule has 0 aromatic heterocycles. The highest BCUT2D eigenvalue weighted by Crippen LogP contribution is 2.24. The van der Waals surface area contributed by atoms with Gasteiger partial charge in [-0.1, -0.05) is 12.1 Å². The number of rotatable bonds is 4. The first-order chi connectivity index (χ1) is 11.2. The molecule has 1 N–H and O–H groups in total. The second kappa shape index (κ2) is 7.20. The van der Waals surface area contributed by atoms with Gasteiger partial charge in [0.2, 0.25) is 11.8 Å². The molecule has 24 heavy (non-hydrogen) atoms. The molecule has 1 aliphatic heterocycles. The summed E-state index contributed by atoms with van der Waals surface area (Å²) in [4.78, 5) is 28.6. The minimum absolute atomic E-state index is 0.0116. The summed E-state index contributed by atoms with van der Waals surface area (Å²) in [7, 11) is 0. The predicted octanol–water partition coefficient (Wildman–Crippen LogP) is 2.03. The quantitative estimate of drug-likeness (QED) is 0.857. The molecule has 1 aromatic carbocycles. The zero-order chi connectivity index (χ0) is 17.9. The van der Waals surface area contributed by atoms with E-state index in [4.69, 9.17) is 0 Å². The zero-order valence-corrected chi connectivity index (χ0v) is 14.8. The van der Waals surface area contributed by atoms with Crippen molar-refractivity contribution in [1.29, 1.82) is 0 Å². The number of para-hydroxylation sites is 1. The van der Waals surface area contributed by atoms with E-state index in [1.165, 1.54) is 6.07 Å². The van der Waals surface area contributed by atoms with Gasteiger partial charge < -0.3 is 15.1 Å². The highest BCUT2D eigenvalue weighted by Gasteiger charge is 2.40. The number of hydrogen-bond donors (Lipinski definition) is 1. The van der Waals surface area contributed by atoms with Gasteiger partial charge in [0, 0.05) is 32.2 Å². The third-order valence-corrected chi connectivity index (χ3v) is 4.28. The molecule has 0 unspecified atom stereocenters. The molecule has 0 spiro atoms. The lowest BCUT2D eigenvalue weighted by molar-refractivity contribution is -0.149. The lowest BCUT2D eigenvalue weighted by Crippen LogP contribution is -2.56. The Hall–Kier alpha value is -2.11. The molecular formula is C18H26FN3O2. The molecule has 0 saturated carbocycles. The summed E-state index contributed by atoms with van der Waals surface area (Å²) >= 11 is 0. The van der Waals surface area contributed by atoms with E-state index < -0.39 is 5.41 Å². The van der Waals surface area contributed by atoms with Crippen molar-refractivity contribution in [2.24, 2.45) is 5.41 Å². The molecule has 0 bridgehead atoms. The van der Waals surface area contributed by atoms with E-state index in [2.05, 4.69) is 5.32 Å². The van der Waals surface area contributed by atoms with Gasteiger partial charge in [0.1, 0.15) is 11.2 Å². The molecule has 0 atom stereocenters. The van der Waals surface area contributed by atoms with Crippen molar-refractivity contribution in [2.45, 2.75) is 33.7 Å². The van der Waals surface area contributed by atoms with E-state index in [9.17, 15) is 14.0 Å². The van der Waals surface area contributed by atoms with Gasteiger partial charge in [-0.05, 0) is 39.8 Å².